The van der Waals surface area contributed by atoms with Crippen molar-refractivity contribution in [1.82, 2.24) is 10.2 Å². The molecule has 1 fully saturated rings. The molecular weight excluding hydrogens is 296 g/mol. The molecule has 2 rings (SSSR count). The lowest BCUT2D eigenvalue weighted by Gasteiger charge is -2.26. The van der Waals surface area contributed by atoms with Gasteiger partial charge in [-0.15, -0.1) is 11.8 Å². The van der Waals surface area contributed by atoms with Crippen LogP contribution in [0.3, 0.4) is 0 Å². The van der Waals surface area contributed by atoms with E-state index in [-0.39, 0.29) is 0 Å². The minimum atomic E-state index is 1.15. The average molecular weight is 315 g/mol. The van der Waals surface area contributed by atoms with Gasteiger partial charge < -0.3 is 10.2 Å². The summed E-state index contributed by atoms with van der Waals surface area (Å²) in [7, 11) is 0. The van der Waals surface area contributed by atoms with Crippen LogP contribution in [0.15, 0.2) is 33.6 Å². The van der Waals surface area contributed by atoms with E-state index in [0.717, 1.165) is 17.6 Å². The number of hydrogen-bond acceptors (Lipinski definition) is 3. The van der Waals surface area contributed by atoms with Crippen molar-refractivity contribution in [2.45, 2.75) is 11.3 Å². The maximum absolute atomic E-state index is 3.46. The number of nitrogens with one attached hydrogen (secondary N) is 1. The first-order chi connectivity index (χ1) is 8.34. The Balaban J connectivity index is 1.60. The van der Waals surface area contributed by atoms with Gasteiger partial charge in [0.2, 0.25) is 0 Å². The second kappa shape index (κ2) is 7.41. The van der Waals surface area contributed by atoms with Crippen LogP contribution in [0.1, 0.15) is 6.42 Å². The van der Waals surface area contributed by atoms with Gasteiger partial charge in [0.05, 0.1) is 0 Å². The van der Waals surface area contributed by atoms with Gasteiger partial charge in [-0.3, -0.25) is 0 Å². The third-order valence-corrected chi connectivity index (χ3v) is 4.54. The van der Waals surface area contributed by atoms with E-state index in [9.17, 15) is 0 Å². The van der Waals surface area contributed by atoms with Crippen LogP contribution in [0, 0.1) is 0 Å². The second-order valence-electron chi connectivity index (χ2n) is 4.25. The van der Waals surface area contributed by atoms with E-state index in [1.54, 1.807) is 0 Å². The van der Waals surface area contributed by atoms with Crippen LogP contribution in [-0.2, 0) is 0 Å². The summed E-state index contributed by atoms with van der Waals surface area (Å²) >= 11 is 5.41. The van der Waals surface area contributed by atoms with Gasteiger partial charge in [-0.1, -0.05) is 15.9 Å². The summed E-state index contributed by atoms with van der Waals surface area (Å²) in [5, 5.41) is 3.38. The molecule has 1 saturated heterocycles. The lowest BCUT2D eigenvalue weighted by atomic mass is 10.3. The lowest BCUT2D eigenvalue weighted by Crippen LogP contribution is -2.43. The zero-order valence-electron chi connectivity index (χ0n) is 9.99. The fourth-order valence-corrected chi connectivity index (χ4v) is 3.05. The Morgan fingerprint density at radius 2 is 1.88 bits per heavy atom. The van der Waals surface area contributed by atoms with E-state index >= 15 is 0 Å². The Morgan fingerprint density at radius 1 is 1.18 bits per heavy atom. The van der Waals surface area contributed by atoms with Crippen molar-refractivity contribution in [3.8, 4) is 0 Å². The SMILES string of the molecule is Brc1ccc(SCCCN2CCNCC2)cc1. The van der Waals surface area contributed by atoms with Gasteiger partial charge in [0.25, 0.3) is 0 Å². The van der Waals surface area contributed by atoms with Gasteiger partial charge >= 0.3 is 0 Å². The van der Waals surface area contributed by atoms with E-state index in [2.05, 4.69) is 50.4 Å². The largest absolute Gasteiger partial charge is 0.314 e. The summed E-state index contributed by atoms with van der Waals surface area (Å²) in [6, 6.07) is 8.58. The highest BCUT2D eigenvalue weighted by molar-refractivity contribution is 9.10. The summed E-state index contributed by atoms with van der Waals surface area (Å²) < 4.78 is 1.16. The van der Waals surface area contributed by atoms with E-state index in [1.165, 1.54) is 36.7 Å². The minimum absolute atomic E-state index is 1.15. The molecule has 0 aliphatic carbocycles. The molecule has 94 valence electrons. The number of piperazine rings is 1. The van der Waals surface area contributed by atoms with Crippen LogP contribution in [0.25, 0.3) is 0 Å². The predicted molar refractivity (Wildman–Crippen MR) is 78.8 cm³/mol. The Bertz CT molecular complexity index is 323. The van der Waals surface area contributed by atoms with Crippen molar-refractivity contribution in [1.29, 1.82) is 0 Å². The molecule has 1 heterocycles. The maximum Gasteiger partial charge on any atom is 0.0176 e. The predicted octanol–water partition coefficient (Wildman–Crippen LogP) is 2.84. The van der Waals surface area contributed by atoms with E-state index in [1.807, 2.05) is 11.8 Å². The number of halogens is 1. The van der Waals surface area contributed by atoms with Crippen molar-refractivity contribution in [2.24, 2.45) is 0 Å². The van der Waals surface area contributed by atoms with E-state index < -0.39 is 0 Å². The Morgan fingerprint density at radius 3 is 2.59 bits per heavy atom. The van der Waals surface area contributed by atoms with Crippen LogP contribution < -0.4 is 5.32 Å². The lowest BCUT2D eigenvalue weighted by molar-refractivity contribution is 0.242. The zero-order chi connectivity index (χ0) is 11.9. The van der Waals surface area contributed by atoms with E-state index in [0.29, 0.717) is 0 Å². The molecule has 17 heavy (non-hydrogen) atoms. The van der Waals surface area contributed by atoms with Crippen molar-refractivity contribution in [3.63, 3.8) is 0 Å². The van der Waals surface area contributed by atoms with Crippen LogP contribution in [0.5, 0.6) is 0 Å². The van der Waals surface area contributed by atoms with Gasteiger partial charge in [-0.05, 0) is 43.0 Å². The summed E-state index contributed by atoms with van der Waals surface area (Å²) in [5.74, 6) is 1.21. The first kappa shape index (κ1) is 13.4. The van der Waals surface area contributed by atoms with Crippen LogP contribution in [0.2, 0.25) is 0 Å². The summed E-state index contributed by atoms with van der Waals surface area (Å²) in [6.07, 6.45) is 1.28. The molecule has 1 N–H and O–H groups in total. The summed E-state index contributed by atoms with van der Waals surface area (Å²) in [5.41, 5.74) is 0. The molecule has 1 aromatic carbocycles. The Kier molecular flexibility index (Phi) is 5.85. The molecule has 0 aromatic heterocycles. The molecule has 0 radical (unpaired) electrons. The smallest absolute Gasteiger partial charge is 0.0176 e. The Hall–Kier alpha value is -0.0300. The summed E-state index contributed by atoms with van der Waals surface area (Å²) in [6.45, 7) is 5.97. The second-order valence-corrected chi connectivity index (χ2v) is 6.33. The number of nitrogens with zero attached hydrogens (tertiary/aromatic N) is 1. The van der Waals surface area contributed by atoms with Gasteiger partial charge in [0.15, 0.2) is 0 Å². The van der Waals surface area contributed by atoms with Gasteiger partial charge in [-0.2, -0.15) is 0 Å². The van der Waals surface area contributed by atoms with Crippen molar-refractivity contribution in [3.05, 3.63) is 28.7 Å². The first-order valence-electron chi connectivity index (χ1n) is 6.16. The van der Waals surface area contributed by atoms with Gasteiger partial charge in [0.1, 0.15) is 0 Å². The minimum Gasteiger partial charge on any atom is -0.314 e. The zero-order valence-corrected chi connectivity index (χ0v) is 12.4. The number of rotatable bonds is 5. The molecule has 2 nitrogen and oxygen atoms in total. The number of thioether (sulfide) groups is 1. The molecule has 0 spiro atoms. The van der Waals surface area contributed by atoms with Crippen molar-refractivity contribution < 1.29 is 0 Å². The monoisotopic (exact) mass is 314 g/mol. The quantitative estimate of drug-likeness (QED) is 0.664. The third kappa shape index (κ3) is 5.00. The molecule has 0 atom stereocenters. The fraction of sp³-hybridized carbons (Fsp3) is 0.538. The summed E-state index contributed by atoms with van der Waals surface area (Å²) in [4.78, 5) is 3.92. The average Bonchev–Trinajstić information content (AvgIpc) is 2.38. The standard InChI is InChI=1S/C13H19BrN2S/c14-12-2-4-13(5-3-12)17-11-1-8-16-9-6-15-7-10-16/h2-5,15H,1,6-11H2. The molecule has 4 heteroatoms. The first-order valence-corrected chi connectivity index (χ1v) is 7.94. The molecule has 0 unspecified atom stereocenters. The highest BCUT2D eigenvalue weighted by Crippen LogP contribution is 2.21. The molecule has 0 bridgehead atoms. The third-order valence-electron chi connectivity index (χ3n) is 2.91. The highest BCUT2D eigenvalue weighted by atomic mass is 79.9. The normalized spacial score (nSPS) is 17.2. The molecule has 0 saturated carbocycles. The van der Waals surface area contributed by atoms with Crippen molar-refractivity contribution >= 4 is 27.7 Å². The van der Waals surface area contributed by atoms with Gasteiger partial charge in [0, 0.05) is 35.5 Å². The molecule has 0 amide bonds. The Labute approximate surface area is 116 Å². The highest BCUT2D eigenvalue weighted by Gasteiger charge is 2.08. The topological polar surface area (TPSA) is 15.3 Å². The fourth-order valence-electron chi connectivity index (χ4n) is 1.94. The van der Waals surface area contributed by atoms with Crippen LogP contribution >= 0.6 is 27.7 Å². The van der Waals surface area contributed by atoms with Crippen molar-refractivity contribution in [2.75, 3.05) is 38.5 Å². The molecule has 1 aliphatic heterocycles. The number of hydrogen-bond donors (Lipinski definition) is 1. The van der Waals surface area contributed by atoms with Crippen LogP contribution in [-0.4, -0.2) is 43.4 Å². The van der Waals surface area contributed by atoms with Crippen LogP contribution in [0.4, 0.5) is 0 Å². The molecule has 1 aliphatic rings. The van der Waals surface area contributed by atoms with E-state index in [4.69, 9.17) is 0 Å². The number of benzene rings is 1. The maximum atomic E-state index is 3.46. The molecular formula is C13H19BrN2S. The molecule has 1 aromatic rings. The van der Waals surface area contributed by atoms with Gasteiger partial charge in [-0.25, -0.2) is 0 Å².